The predicted molar refractivity (Wildman–Crippen MR) is 78.3 cm³/mol. The molecule has 0 amide bonds. The summed E-state index contributed by atoms with van der Waals surface area (Å²) in [4.78, 5) is 2.45. The molecule has 1 rings (SSSR count). The number of hydrogen-bond donors (Lipinski definition) is 1. The molecule has 1 atom stereocenters. The van der Waals surface area contributed by atoms with Crippen LogP contribution in [0.1, 0.15) is 25.0 Å². The summed E-state index contributed by atoms with van der Waals surface area (Å²) in [5.74, 6) is 0.0377. The van der Waals surface area contributed by atoms with Crippen molar-refractivity contribution in [3.63, 3.8) is 0 Å². The Labute approximate surface area is 122 Å². The zero-order valence-electron chi connectivity index (χ0n) is 11.6. The molecule has 20 heavy (non-hydrogen) atoms. The van der Waals surface area contributed by atoms with Gasteiger partial charge in [0, 0.05) is 19.0 Å². The van der Waals surface area contributed by atoms with Crippen molar-refractivity contribution in [2.45, 2.75) is 26.6 Å². The van der Waals surface area contributed by atoms with Gasteiger partial charge in [-0.3, -0.25) is 4.90 Å². The average molecular weight is 304 g/mol. The van der Waals surface area contributed by atoms with Crippen LogP contribution in [0.2, 0.25) is 0 Å². The van der Waals surface area contributed by atoms with E-state index in [1.807, 2.05) is 18.7 Å². The highest BCUT2D eigenvalue weighted by Crippen LogP contribution is 2.29. The maximum atomic E-state index is 12.7. The monoisotopic (exact) mass is 304 g/mol. The van der Waals surface area contributed by atoms with E-state index in [4.69, 9.17) is 18.0 Å². The molecule has 2 N–H and O–H groups in total. The molecule has 112 valence electrons. The third-order valence-corrected chi connectivity index (χ3v) is 3.53. The highest BCUT2D eigenvalue weighted by molar-refractivity contribution is 7.80. The molecule has 0 bridgehead atoms. The van der Waals surface area contributed by atoms with Crippen LogP contribution in [0.15, 0.2) is 24.3 Å². The van der Waals surface area contributed by atoms with E-state index in [-0.39, 0.29) is 5.92 Å². The summed E-state index contributed by atoms with van der Waals surface area (Å²) >= 11 is 4.92. The van der Waals surface area contributed by atoms with E-state index >= 15 is 0 Å². The molecule has 0 fully saturated rings. The molecule has 6 heteroatoms. The molecular formula is C14H19F3N2S. The fourth-order valence-electron chi connectivity index (χ4n) is 1.89. The number of nitrogens with zero attached hydrogens (tertiary/aromatic N) is 1. The SMILES string of the molecule is CCN(Cc1cccc(C(F)(F)F)c1)CC(C)C(N)=S. The molecule has 0 radical (unpaired) electrons. The lowest BCUT2D eigenvalue weighted by molar-refractivity contribution is -0.137. The average Bonchev–Trinajstić information content (AvgIpc) is 2.37. The third kappa shape index (κ3) is 5.09. The summed E-state index contributed by atoms with van der Waals surface area (Å²) in [6, 6.07) is 5.40. The smallest absolute Gasteiger partial charge is 0.393 e. The highest BCUT2D eigenvalue weighted by atomic mass is 32.1. The minimum absolute atomic E-state index is 0.0377. The number of rotatable bonds is 6. The number of nitrogens with two attached hydrogens (primary N) is 1. The van der Waals surface area contributed by atoms with E-state index in [1.54, 1.807) is 6.07 Å². The quantitative estimate of drug-likeness (QED) is 0.816. The Morgan fingerprint density at radius 3 is 2.55 bits per heavy atom. The minimum Gasteiger partial charge on any atom is -0.393 e. The van der Waals surface area contributed by atoms with Crippen LogP contribution >= 0.6 is 12.2 Å². The van der Waals surface area contributed by atoms with Crippen LogP contribution in [-0.4, -0.2) is 23.0 Å². The fourth-order valence-corrected chi connectivity index (χ4v) is 1.96. The standard InChI is InChI=1S/C14H19F3N2S/c1-3-19(8-10(2)13(18)20)9-11-5-4-6-12(7-11)14(15,16)17/h4-7,10H,3,8-9H2,1-2H3,(H2,18,20). The van der Waals surface area contributed by atoms with Gasteiger partial charge in [0.2, 0.25) is 0 Å². The van der Waals surface area contributed by atoms with E-state index < -0.39 is 11.7 Å². The van der Waals surface area contributed by atoms with Crippen molar-refractivity contribution < 1.29 is 13.2 Å². The van der Waals surface area contributed by atoms with Crippen molar-refractivity contribution in [2.24, 2.45) is 11.7 Å². The maximum absolute atomic E-state index is 12.7. The molecule has 0 aliphatic heterocycles. The van der Waals surface area contributed by atoms with Crippen LogP contribution in [0.4, 0.5) is 13.2 Å². The summed E-state index contributed by atoms with van der Waals surface area (Å²) in [5, 5.41) is 0. The molecule has 0 aliphatic rings. The number of thiocarbonyl (C=S) groups is 1. The minimum atomic E-state index is -4.31. The van der Waals surface area contributed by atoms with E-state index in [0.29, 0.717) is 23.6 Å². The van der Waals surface area contributed by atoms with Crippen LogP contribution in [0.5, 0.6) is 0 Å². The Morgan fingerprint density at radius 2 is 2.05 bits per heavy atom. The number of alkyl halides is 3. The second-order valence-corrected chi connectivity index (χ2v) is 5.30. The van der Waals surface area contributed by atoms with Crippen molar-refractivity contribution >= 4 is 17.2 Å². The molecule has 0 spiro atoms. The first-order valence-corrected chi connectivity index (χ1v) is 6.82. The molecule has 0 heterocycles. The first-order valence-electron chi connectivity index (χ1n) is 6.41. The summed E-state index contributed by atoms with van der Waals surface area (Å²) < 4.78 is 38.0. The van der Waals surface area contributed by atoms with Gasteiger partial charge in [0.15, 0.2) is 0 Å². The lowest BCUT2D eigenvalue weighted by Crippen LogP contribution is -2.33. The van der Waals surface area contributed by atoms with Crippen molar-refractivity contribution in [1.82, 2.24) is 4.90 Å². The van der Waals surface area contributed by atoms with Crippen molar-refractivity contribution in [2.75, 3.05) is 13.1 Å². The van der Waals surface area contributed by atoms with Gasteiger partial charge in [-0.25, -0.2) is 0 Å². The molecule has 1 aromatic carbocycles. The zero-order chi connectivity index (χ0) is 15.3. The van der Waals surface area contributed by atoms with Gasteiger partial charge in [-0.15, -0.1) is 0 Å². The lowest BCUT2D eigenvalue weighted by Gasteiger charge is -2.24. The maximum Gasteiger partial charge on any atom is 0.416 e. The van der Waals surface area contributed by atoms with Crippen molar-refractivity contribution in [3.8, 4) is 0 Å². The largest absolute Gasteiger partial charge is 0.416 e. The summed E-state index contributed by atoms with van der Waals surface area (Å²) in [6.45, 7) is 5.69. The van der Waals surface area contributed by atoms with Gasteiger partial charge < -0.3 is 5.73 Å². The molecule has 0 aromatic heterocycles. The predicted octanol–water partition coefficient (Wildman–Crippen LogP) is 3.45. The first-order chi connectivity index (χ1) is 9.24. The van der Waals surface area contributed by atoms with Crippen LogP contribution in [0.3, 0.4) is 0 Å². The van der Waals surface area contributed by atoms with Crippen LogP contribution in [0.25, 0.3) is 0 Å². The summed E-state index contributed by atoms with van der Waals surface area (Å²) in [5.41, 5.74) is 5.59. The fraction of sp³-hybridized carbons (Fsp3) is 0.500. The van der Waals surface area contributed by atoms with E-state index in [9.17, 15) is 13.2 Å². The Kier molecular flexibility index (Phi) is 5.95. The molecule has 1 aromatic rings. The lowest BCUT2D eigenvalue weighted by atomic mass is 10.1. The van der Waals surface area contributed by atoms with Crippen LogP contribution in [-0.2, 0) is 12.7 Å². The second kappa shape index (κ2) is 7.04. The van der Waals surface area contributed by atoms with Gasteiger partial charge in [-0.2, -0.15) is 13.2 Å². The van der Waals surface area contributed by atoms with Gasteiger partial charge in [-0.05, 0) is 18.2 Å². The van der Waals surface area contributed by atoms with Gasteiger partial charge in [0.05, 0.1) is 10.6 Å². The molecule has 0 saturated carbocycles. The third-order valence-electron chi connectivity index (χ3n) is 3.13. The van der Waals surface area contributed by atoms with Crippen molar-refractivity contribution in [3.05, 3.63) is 35.4 Å². The molecule has 0 aliphatic carbocycles. The van der Waals surface area contributed by atoms with Crippen LogP contribution in [0, 0.1) is 5.92 Å². The Hall–Kier alpha value is -1.14. The Balaban J connectivity index is 2.78. The Bertz CT molecular complexity index is 460. The normalized spacial score (nSPS) is 13.5. The Morgan fingerprint density at radius 1 is 1.40 bits per heavy atom. The number of hydrogen-bond acceptors (Lipinski definition) is 2. The van der Waals surface area contributed by atoms with E-state index in [1.165, 1.54) is 12.1 Å². The van der Waals surface area contributed by atoms with Gasteiger partial charge in [0.1, 0.15) is 0 Å². The first kappa shape index (κ1) is 16.9. The van der Waals surface area contributed by atoms with E-state index in [2.05, 4.69) is 0 Å². The van der Waals surface area contributed by atoms with Gasteiger partial charge in [-0.1, -0.05) is 44.3 Å². The van der Waals surface area contributed by atoms with Crippen molar-refractivity contribution in [1.29, 1.82) is 0 Å². The summed E-state index contributed by atoms with van der Waals surface area (Å²) in [6.07, 6.45) is -4.31. The molecule has 1 unspecified atom stereocenters. The second-order valence-electron chi connectivity index (χ2n) is 4.83. The molecule has 0 saturated heterocycles. The van der Waals surface area contributed by atoms with E-state index in [0.717, 1.165) is 12.6 Å². The molecule has 2 nitrogen and oxygen atoms in total. The van der Waals surface area contributed by atoms with Crippen LogP contribution < -0.4 is 5.73 Å². The number of halogens is 3. The molecular weight excluding hydrogens is 285 g/mol. The topological polar surface area (TPSA) is 29.3 Å². The van der Waals surface area contributed by atoms with Gasteiger partial charge in [0.25, 0.3) is 0 Å². The zero-order valence-corrected chi connectivity index (χ0v) is 12.4. The summed E-state index contributed by atoms with van der Waals surface area (Å²) in [7, 11) is 0. The van der Waals surface area contributed by atoms with Gasteiger partial charge >= 0.3 is 6.18 Å². The number of benzene rings is 1. The highest BCUT2D eigenvalue weighted by Gasteiger charge is 2.30.